The Bertz CT molecular complexity index is 512. The lowest BCUT2D eigenvalue weighted by molar-refractivity contribution is 0.424. The summed E-state index contributed by atoms with van der Waals surface area (Å²) in [4.78, 5) is 0.304. The maximum absolute atomic E-state index is 11.7. The third kappa shape index (κ3) is 3.97. The Hall–Kier alpha value is -0.580. The molecule has 1 N–H and O–H groups in total. The van der Waals surface area contributed by atoms with Crippen LogP contribution in [0.25, 0.3) is 0 Å². The molecule has 18 heavy (non-hydrogen) atoms. The van der Waals surface area contributed by atoms with Crippen molar-refractivity contribution in [2.75, 3.05) is 6.26 Å². The zero-order valence-electron chi connectivity index (χ0n) is 11.2. The minimum Gasteiger partial charge on any atom is -0.310 e. The molecule has 0 amide bonds. The average molecular weight is 290 g/mol. The topological polar surface area (TPSA) is 46.2 Å². The molecule has 0 aromatic heterocycles. The molecule has 0 aliphatic carbocycles. The molecule has 0 radical (unpaired) electrons. The predicted molar refractivity (Wildman–Crippen MR) is 75.7 cm³/mol. The summed E-state index contributed by atoms with van der Waals surface area (Å²) in [6, 6.07) is 5.27. The van der Waals surface area contributed by atoms with Gasteiger partial charge in [0.2, 0.25) is 0 Å². The van der Waals surface area contributed by atoms with E-state index in [2.05, 4.69) is 26.1 Å². The Labute approximate surface area is 114 Å². The number of hydrogen-bond acceptors (Lipinski definition) is 3. The molecule has 1 unspecified atom stereocenters. The summed E-state index contributed by atoms with van der Waals surface area (Å²) in [7, 11) is -3.25. The number of hydrogen-bond donors (Lipinski definition) is 1. The molecule has 0 aliphatic rings. The largest absolute Gasteiger partial charge is 0.310 e. The molecule has 0 saturated carbocycles. The van der Waals surface area contributed by atoms with Crippen molar-refractivity contribution in [1.29, 1.82) is 0 Å². The first-order chi connectivity index (χ1) is 8.23. The van der Waals surface area contributed by atoms with Crippen LogP contribution in [-0.2, 0) is 16.4 Å². The lowest BCUT2D eigenvalue weighted by Gasteiger charge is -2.19. The Morgan fingerprint density at radius 1 is 1.28 bits per heavy atom. The van der Waals surface area contributed by atoms with E-state index >= 15 is 0 Å². The molecule has 0 aliphatic heterocycles. The van der Waals surface area contributed by atoms with E-state index in [1.807, 2.05) is 0 Å². The zero-order chi connectivity index (χ0) is 13.9. The molecule has 3 nitrogen and oxygen atoms in total. The van der Waals surface area contributed by atoms with Gasteiger partial charge in [-0.15, -0.1) is 0 Å². The van der Waals surface area contributed by atoms with Crippen LogP contribution in [0.5, 0.6) is 0 Å². The van der Waals surface area contributed by atoms with Gasteiger partial charge in [-0.25, -0.2) is 8.42 Å². The monoisotopic (exact) mass is 289 g/mol. The van der Waals surface area contributed by atoms with Crippen LogP contribution >= 0.6 is 11.6 Å². The SMILES string of the molecule is CC(C)C(C)NCc1c(Cl)cccc1S(C)(=O)=O. The molecule has 0 saturated heterocycles. The fraction of sp³-hybridized carbons (Fsp3) is 0.538. The van der Waals surface area contributed by atoms with Crippen LogP contribution in [0.15, 0.2) is 23.1 Å². The van der Waals surface area contributed by atoms with Gasteiger partial charge < -0.3 is 5.32 Å². The second kappa shape index (κ2) is 6.04. The molecule has 5 heteroatoms. The third-order valence-electron chi connectivity index (χ3n) is 3.08. The normalized spacial score (nSPS) is 13.9. The predicted octanol–water partition coefficient (Wildman–Crippen LogP) is 2.88. The van der Waals surface area contributed by atoms with Gasteiger partial charge in [0, 0.05) is 29.4 Å². The van der Waals surface area contributed by atoms with Gasteiger partial charge in [-0.2, -0.15) is 0 Å². The summed E-state index contributed by atoms with van der Waals surface area (Å²) in [6.07, 6.45) is 1.20. The molecule has 102 valence electrons. The Morgan fingerprint density at radius 3 is 2.39 bits per heavy atom. The highest BCUT2D eigenvalue weighted by molar-refractivity contribution is 7.90. The van der Waals surface area contributed by atoms with E-state index in [4.69, 9.17) is 11.6 Å². The van der Waals surface area contributed by atoms with Crippen LogP contribution in [0.2, 0.25) is 5.02 Å². The van der Waals surface area contributed by atoms with E-state index < -0.39 is 9.84 Å². The highest BCUT2D eigenvalue weighted by Gasteiger charge is 2.16. The Kier molecular flexibility index (Phi) is 5.20. The van der Waals surface area contributed by atoms with Crippen molar-refractivity contribution in [2.24, 2.45) is 5.92 Å². The van der Waals surface area contributed by atoms with E-state index in [1.165, 1.54) is 6.26 Å². The highest BCUT2D eigenvalue weighted by Crippen LogP contribution is 2.24. The van der Waals surface area contributed by atoms with Gasteiger partial charge in [-0.1, -0.05) is 31.5 Å². The first-order valence-electron chi connectivity index (χ1n) is 5.94. The minimum absolute atomic E-state index is 0.300. The van der Waals surface area contributed by atoms with E-state index in [-0.39, 0.29) is 0 Å². The summed E-state index contributed by atoms with van der Waals surface area (Å²) in [6.45, 7) is 6.76. The Morgan fingerprint density at radius 2 is 1.89 bits per heavy atom. The number of halogens is 1. The molecular formula is C13H20ClNO2S. The van der Waals surface area contributed by atoms with Gasteiger partial charge in [-0.3, -0.25) is 0 Å². The summed E-state index contributed by atoms with van der Waals surface area (Å²) < 4.78 is 23.4. The molecule has 1 aromatic rings. The number of rotatable bonds is 5. The van der Waals surface area contributed by atoms with E-state index in [9.17, 15) is 8.42 Å². The van der Waals surface area contributed by atoms with Gasteiger partial charge in [0.25, 0.3) is 0 Å². The van der Waals surface area contributed by atoms with Gasteiger partial charge in [0.1, 0.15) is 0 Å². The average Bonchev–Trinajstić information content (AvgIpc) is 2.25. The molecule has 0 spiro atoms. The maximum atomic E-state index is 11.7. The van der Waals surface area contributed by atoms with E-state index in [1.54, 1.807) is 18.2 Å². The van der Waals surface area contributed by atoms with Crippen molar-refractivity contribution in [3.8, 4) is 0 Å². The molecule has 1 rings (SSSR count). The highest BCUT2D eigenvalue weighted by atomic mass is 35.5. The van der Waals surface area contributed by atoms with Gasteiger partial charge in [0.15, 0.2) is 9.84 Å². The summed E-state index contributed by atoms with van der Waals surface area (Å²) in [5, 5.41) is 3.79. The van der Waals surface area contributed by atoms with Crippen molar-refractivity contribution in [3.05, 3.63) is 28.8 Å². The van der Waals surface area contributed by atoms with Crippen molar-refractivity contribution >= 4 is 21.4 Å². The lowest BCUT2D eigenvalue weighted by Crippen LogP contribution is -2.30. The lowest BCUT2D eigenvalue weighted by atomic mass is 10.1. The van der Waals surface area contributed by atoms with Crippen LogP contribution in [-0.4, -0.2) is 20.7 Å². The first kappa shape index (κ1) is 15.5. The molecule has 1 atom stereocenters. The van der Waals surface area contributed by atoms with Crippen molar-refractivity contribution in [2.45, 2.75) is 38.3 Å². The second-order valence-electron chi connectivity index (χ2n) is 4.90. The van der Waals surface area contributed by atoms with Crippen molar-refractivity contribution in [3.63, 3.8) is 0 Å². The molecule has 0 fully saturated rings. The van der Waals surface area contributed by atoms with Crippen LogP contribution in [0, 0.1) is 5.92 Å². The standard InChI is InChI=1S/C13H20ClNO2S/c1-9(2)10(3)15-8-11-12(14)6-5-7-13(11)18(4,16)17/h5-7,9-10,15H,8H2,1-4H3. The van der Waals surface area contributed by atoms with Gasteiger partial charge in [-0.05, 0) is 25.0 Å². The van der Waals surface area contributed by atoms with Crippen LogP contribution in [0.4, 0.5) is 0 Å². The Balaban J connectivity index is 3.01. The molecular weight excluding hydrogens is 270 g/mol. The minimum atomic E-state index is -3.25. The zero-order valence-corrected chi connectivity index (χ0v) is 12.8. The molecule has 0 heterocycles. The van der Waals surface area contributed by atoms with Crippen molar-refractivity contribution < 1.29 is 8.42 Å². The number of nitrogens with one attached hydrogen (secondary N) is 1. The smallest absolute Gasteiger partial charge is 0.175 e. The number of benzene rings is 1. The summed E-state index contributed by atoms with van der Waals surface area (Å²) in [5.41, 5.74) is 0.647. The van der Waals surface area contributed by atoms with Crippen molar-refractivity contribution in [1.82, 2.24) is 5.32 Å². The summed E-state index contributed by atoms with van der Waals surface area (Å²) >= 11 is 6.09. The van der Waals surface area contributed by atoms with Gasteiger partial charge in [0.05, 0.1) is 4.90 Å². The maximum Gasteiger partial charge on any atom is 0.175 e. The third-order valence-corrected chi connectivity index (χ3v) is 4.61. The fourth-order valence-corrected chi connectivity index (χ4v) is 2.81. The van der Waals surface area contributed by atoms with Crippen LogP contribution in [0.1, 0.15) is 26.3 Å². The first-order valence-corrected chi connectivity index (χ1v) is 8.21. The molecule has 0 bridgehead atoms. The molecule has 1 aromatic carbocycles. The van der Waals surface area contributed by atoms with E-state index in [0.717, 1.165) is 0 Å². The van der Waals surface area contributed by atoms with E-state index in [0.29, 0.717) is 34.0 Å². The number of sulfone groups is 1. The van der Waals surface area contributed by atoms with Crippen LogP contribution in [0.3, 0.4) is 0 Å². The second-order valence-corrected chi connectivity index (χ2v) is 7.29. The van der Waals surface area contributed by atoms with Gasteiger partial charge >= 0.3 is 0 Å². The summed E-state index contributed by atoms with van der Waals surface area (Å²) in [5.74, 6) is 0.481. The quantitative estimate of drug-likeness (QED) is 0.907. The fourth-order valence-electron chi connectivity index (χ4n) is 1.56. The van der Waals surface area contributed by atoms with Crippen LogP contribution < -0.4 is 5.32 Å².